The van der Waals surface area contributed by atoms with Crippen molar-refractivity contribution in [1.29, 1.82) is 0 Å². The van der Waals surface area contributed by atoms with Crippen molar-refractivity contribution in [3.8, 4) is 0 Å². The van der Waals surface area contributed by atoms with E-state index in [2.05, 4.69) is 10.3 Å². The molecule has 1 atom stereocenters. The highest BCUT2D eigenvalue weighted by molar-refractivity contribution is 5.88. The summed E-state index contributed by atoms with van der Waals surface area (Å²) < 4.78 is 5.26. The highest BCUT2D eigenvalue weighted by Gasteiger charge is 2.12. The van der Waals surface area contributed by atoms with Crippen LogP contribution in [-0.4, -0.2) is 16.1 Å². The first-order valence-corrected chi connectivity index (χ1v) is 5.62. The summed E-state index contributed by atoms with van der Waals surface area (Å²) in [5.41, 5.74) is 0.736. The molecule has 0 bridgehead atoms. The molecule has 0 spiro atoms. The van der Waals surface area contributed by atoms with Gasteiger partial charge < -0.3 is 14.8 Å². The third-order valence-corrected chi connectivity index (χ3v) is 2.67. The van der Waals surface area contributed by atoms with Crippen molar-refractivity contribution in [3.05, 3.63) is 53.7 Å². The number of nitrogens with zero attached hydrogens (tertiary/aromatic N) is 1. The van der Waals surface area contributed by atoms with Gasteiger partial charge in [0.15, 0.2) is 0 Å². The Kier molecular flexibility index (Phi) is 3.74. The highest BCUT2D eigenvalue weighted by Crippen LogP contribution is 2.13. The standard InChI is InChI=1S/C13H14N2O3/c1-9(12-5-3-7-18-12)15-8-11-10(13(16)17)4-2-6-14-11/h2-7,9,15H,8H2,1H3,(H,16,17)/t9-/m1/s1. The molecule has 5 heteroatoms. The number of furan rings is 1. The van der Waals surface area contributed by atoms with Crippen LogP contribution in [0.1, 0.15) is 34.8 Å². The third-order valence-electron chi connectivity index (χ3n) is 2.67. The molecule has 2 aromatic rings. The van der Waals surface area contributed by atoms with E-state index in [1.165, 1.54) is 0 Å². The number of pyridine rings is 1. The number of rotatable bonds is 5. The molecule has 0 fully saturated rings. The Morgan fingerprint density at radius 3 is 3.00 bits per heavy atom. The summed E-state index contributed by atoms with van der Waals surface area (Å²) in [6.07, 6.45) is 3.19. The molecule has 0 aromatic carbocycles. The molecule has 2 N–H and O–H groups in total. The minimum atomic E-state index is -0.967. The summed E-state index contributed by atoms with van der Waals surface area (Å²) in [6, 6.07) is 6.85. The zero-order chi connectivity index (χ0) is 13.0. The van der Waals surface area contributed by atoms with Gasteiger partial charge in [0.2, 0.25) is 0 Å². The number of carbonyl (C=O) groups is 1. The van der Waals surface area contributed by atoms with Gasteiger partial charge in [0, 0.05) is 12.7 Å². The van der Waals surface area contributed by atoms with Gasteiger partial charge in [-0.25, -0.2) is 4.79 Å². The van der Waals surface area contributed by atoms with Crippen LogP contribution in [0.2, 0.25) is 0 Å². The predicted molar refractivity (Wildman–Crippen MR) is 65.2 cm³/mol. The van der Waals surface area contributed by atoms with Gasteiger partial charge in [-0.2, -0.15) is 0 Å². The maximum atomic E-state index is 11.0. The van der Waals surface area contributed by atoms with Gasteiger partial charge in [-0.05, 0) is 31.2 Å². The Bertz CT molecular complexity index is 523. The molecule has 2 heterocycles. The van der Waals surface area contributed by atoms with Crippen LogP contribution in [-0.2, 0) is 6.54 Å². The monoisotopic (exact) mass is 246 g/mol. The van der Waals surface area contributed by atoms with Crippen LogP contribution in [0.15, 0.2) is 41.1 Å². The smallest absolute Gasteiger partial charge is 0.337 e. The maximum absolute atomic E-state index is 11.0. The van der Waals surface area contributed by atoms with Crippen molar-refractivity contribution >= 4 is 5.97 Å². The number of hydrogen-bond acceptors (Lipinski definition) is 4. The normalized spacial score (nSPS) is 12.3. The molecule has 18 heavy (non-hydrogen) atoms. The average molecular weight is 246 g/mol. The molecular weight excluding hydrogens is 232 g/mol. The number of aromatic nitrogens is 1. The summed E-state index contributed by atoms with van der Waals surface area (Å²) in [5.74, 6) is -0.159. The van der Waals surface area contributed by atoms with E-state index in [-0.39, 0.29) is 11.6 Å². The summed E-state index contributed by atoms with van der Waals surface area (Å²) >= 11 is 0. The number of carboxylic acid groups (broad SMARTS) is 1. The fourth-order valence-electron chi connectivity index (χ4n) is 1.66. The first kappa shape index (κ1) is 12.3. The fourth-order valence-corrected chi connectivity index (χ4v) is 1.66. The SMILES string of the molecule is C[C@@H](NCc1ncccc1C(=O)O)c1ccco1. The van der Waals surface area contributed by atoms with Crippen molar-refractivity contribution in [1.82, 2.24) is 10.3 Å². The quantitative estimate of drug-likeness (QED) is 0.846. The molecular formula is C13H14N2O3. The van der Waals surface area contributed by atoms with Crippen LogP contribution >= 0.6 is 0 Å². The fraction of sp³-hybridized carbons (Fsp3) is 0.231. The molecule has 5 nitrogen and oxygen atoms in total. The van der Waals surface area contributed by atoms with E-state index in [1.807, 2.05) is 19.1 Å². The Labute approximate surface area is 104 Å². The molecule has 2 rings (SSSR count). The molecule has 0 aliphatic carbocycles. The second-order valence-corrected chi connectivity index (χ2v) is 3.92. The Balaban J connectivity index is 2.04. The molecule has 0 saturated heterocycles. The Hall–Kier alpha value is -2.14. The van der Waals surface area contributed by atoms with Crippen molar-refractivity contribution in [3.63, 3.8) is 0 Å². The van der Waals surface area contributed by atoms with E-state index in [9.17, 15) is 4.79 Å². The summed E-state index contributed by atoms with van der Waals surface area (Å²) in [4.78, 5) is 15.1. The van der Waals surface area contributed by atoms with Gasteiger partial charge in [-0.3, -0.25) is 4.98 Å². The first-order chi connectivity index (χ1) is 8.68. The van der Waals surface area contributed by atoms with Crippen molar-refractivity contribution in [2.75, 3.05) is 0 Å². The van der Waals surface area contributed by atoms with Crippen LogP contribution in [0.4, 0.5) is 0 Å². The Morgan fingerprint density at radius 1 is 1.50 bits per heavy atom. The van der Waals surface area contributed by atoms with Gasteiger partial charge in [-0.1, -0.05) is 0 Å². The van der Waals surface area contributed by atoms with Crippen molar-refractivity contribution in [2.24, 2.45) is 0 Å². The molecule has 0 aliphatic rings. The maximum Gasteiger partial charge on any atom is 0.337 e. The first-order valence-electron chi connectivity index (χ1n) is 5.62. The van der Waals surface area contributed by atoms with E-state index in [1.54, 1.807) is 24.6 Å². The van der Waals surface area contributed by atoms with Crippen LogP contribution in [0, 0.1) is 0 Å². The number of aromatic carboxylic acids is 1. The van der Waals surface area contributed by atoms with E-state index in [0.29, 0.717) is 12.2 Å². The lowest BCUT2D eigenvalue weighted by Crippen LogP contribution is -2.20. The zero-order valence-electron chi connectivity index (χ0n) is 9.96. The minimum absolute atomic E-state index is 0.00338. The number of carboxylic acids is 1. The van der Waals surface area contributed by atoms with Gasteiger partial charge in [-0.15, -0.1) is 0 Å². The minimum Gasteiger partial charge on any atom is -0.478 e. The number of hydrogen-bond donors (Lipinski definition) is 2. The van der Waals surface area contributed by atoms with Gasteiger partial charge >= 0.3 is 5.97 Å². The molecule has 0 aliphatic heterocycles. The summed E-state index contributed by atoms with van der Waals surface area (Å²) in [6.45, 7) is 2.33. The topological polar surface area (TPSA) is 75.4 Å². The van der Waals surface area contributed by atoms with E-state index in [0.717, 1.165) is 5.76 Å². The van der Waals surface area contributed by atoms with Gasteiger partial charge in [0.05, 0.1) is 23.6 Å². The Morgan fingerprint density at radius 2 is 2.33 bits per heavy atom. The lowest BCUT2D eigenvalue weighted by atomic mass is 10.2. The molecule has 94 valence electrons. The van der Waals surface area contributed by atoms with Crippen LogP contribution in [0.25, 0.3) is 0 Å². The number of nitrogens with one attached hydrogen (secondary N) is 1. The van der Waals surface area contributed by atoms with E-state index < -0.39 is 5.97 Å². The van der Waals surface area contributed by atoms with Crippen molar-refractivity contribution in [2.45, 2.75) is 19.5 Å². The average Bonchev–Trinajstić information content (AvgIpc) is 2.90. The predicted octanol–water partition coefficient (Wildman–Crippen LogP) is 2.22. The second kappa shape index (κ2) is 5.46. The molecule has 0 amide bonds. The zero-order valence-corrected chi connectivity index (χ0v) is 9.96. The van der Waals surface area contributed by atoms with Gasteiger partial charge in [0.1, 0.15) is 5.76 Å². The van der Waals surface area contributed by atoms with Crippen LogP contribution in [0.5, 0.6) is 0 Å². The van der Waals surface area contributed by atoms with E-state index in [4.69, 9.17) is 9.52 Å². The summed E-state index contributed by atoms with van der Waals surface area (Å²) in [7, 11) is 0. The largest absolute Gasteiger partial charge is 0.478 e. The van der Waals surface area contributed by atoms with Crippen molar-refractivity contribution < 1.29 is 14.3 Å². The molecule has 0 unspecified atom stereocenters. The third kappa shape index (κ3) is 2.75. The van der Waals surface area contributed by atoms with Gasteiger partial charge in [0.25, 0.3) is 0 Å². The van der Waals surface area contributed by atoms with Crippen LogP contribution in [0.3, 0.4) is 0 Å². The second-order valence-electron chi connectivity index (χ2n) is 3.92. The summed E-state index contributed by atoms with van der Waals surface area (Å²) in [5, 5.41) is 12.2. The molecule has 0 radical (unpaired) electrons. The van der Waals surface area contributed by atoms with E-state index >= 15 is 0 Å². The molecule has 0 saturated carbocycles. The van der Waals surface area contributed by atoms with Crippen LogP contribution < -0.4 is 5.32 Å². The lowest BCUT2D eigenvalue weighted by molar-refractivity contribution is 0.0695. The highest BCUT2D eigenvalue weighted by atomic mass is 16.4. The molecule has 2 aromatic heterocycles. The lowest BCUT2D eigenvalue weighted by Gasteiger charge is -2.11.